The molecular weight excluding hydrogens is 224 g/mol. The van der Waals surface area contributed by atoms with Crippen LogP contribution in [0.15, 0.2) is 30.5 Å². The maximum absolute atomic E-state index is 6.10. The third-order valence-electron chi connectivity index (χ3n) is 2.31. The predicted octanol–water partition coefficient (Wildman–Crippen LogP) is 3.05. The van der Waals surface area contributed by atoms with E-state index in [0.29, 0.717) is 6.61 Å². The third-order valence-corrected chi connectivity index (χ3v) is 2.67. The number of rotatable bonds is 4. The van der Waals surface area contributed by atoms with Gasteiger partial charge in [0, 0.05) is 17.0 Å². The summed E-state index contributed by atoms with van der Waals surface area (Å²) in [7, 11) is 0. The van der Waals surface area contributed by atoms with E-state index in [1.54, 1.807) is 6.20 Å². The van der Waals surface area contributed by atoms with E-state index in [2.05, 4.69) is 10.2 Å². The predicted molar refractivity (Wildman–Crippen MR) is 64.0 cm³/mol. The smallest absolute Gasteiger partial charge is 0.212 e. The summed E-state index contributed by atoms with van der Waals surface area (Å²) in [6, 6.07) is 7.79. The largest absolute Gasteiger partial charge is 0.478 e. The van der Waals surface area contributed by atoms with Gasteiger partial charge < -0.3 is 4.74 Å². The van der Waals surface area contributed by atoms with Crippen molar-refractivity contribution in [3.8, 4) is 5.88 Å². The van der Waals surface area contributed by atoms with Gasteiger partial charge in [-0.1, -0.05) is 29.8 Å². The van der Waals surface area contributed by atoms with Crippen molar-refractivity contribution in [2.45, 2.75) is 13.3 Å². The van der Waals surface area contributed by atoms with Gasteiger partial charge in [0.05, 0.1) is 12.8 Å². The summed E-state index contributed by atoms with van der Waals surface area (Å²) in [6.07, 6.45) is 2.50. The number of halogens is 1. The second kappa shape index (κ2) is 5.03. The molecule has 0 aliphatic rings. The molecule has 4 heteroatoms. The molecule has 0 spiro atoms. The summed E-state index contributed by atoms with van der Waals surface area (Å²) in [4.78, 5) is 0. The van der Waals surface area contributed by atoms with Crippen molar-refractivity contribution in [1.29, 1.82) is 0 Å². The first-order valence-corrected chi connectivity index (χ1v) is 5.57. The zero-order valence-corrected chi connectivity index (χ0v) is 9.79. The van der Waals surface area contributed by atoms with Crippen molar-refractivity contribution in [3.05, 3.63) is 46.6 Å². The number of hydrogen-bond donors (Lipinski definition) is 1. The molecule has 0 radical (unpaired) electrons. The Morgan fingerprint density at radius 1 is 1.31 bits per heavy atom. The minimum Gasteiger partial charge on any atom is -0.478 e. The number of nitrogens with zero attached hydrogens (tertiary/aromatic N) is 1. The van der Waals surface area contributed by atoms with Crippen LogP contribution in [0.1, 0.15) is 18.1 Å². The molecule has 1 heterocycles. The van der Waals surface area contributed by atoms with Crippen LogP contribution in [0.3, 0.4) is 0 Å². The van der Waals surface area contributed by atoms with Gasteiger partial charge >= 0.3 is 0 Å². The van der Waals surface area contributed by atoms with Crippen molar-refractivity contribution < 1.29 is 4.74 Å². The third kappa shape index (κ3) is 2.36. The lowest BCUT2D eigenvalue weighted by Gasteiger charge is -2.05. The van der Waals surface area contributed by atoms with Gasteiger partial charge in [-0.3, -0.25) is 0 Å². The highest BCUT2D eigenvalue weighted by Crippen LogP contribution is 2.23. The lowest BCUT2D eigenvalue weighted by atomic mass is 10.1. The number of nitrogens with one attached hydrogen (secondary N) is 1. The normalized spacial score (nSPS) is 10.4. The maximum Gasteiger partial charge on any atom is 0.212 e. The van der Waals surface area contributed by atoms with E-state index in [0.717, 1.165) is 28.5 Å². The molecule has 1 aromatic carbocycles. The van der Waals surface area contributed by atoms with Crippen molar-refractivity contribution >= 4 is 11.6 Å². The minimum absolute atomic E-state index is 0.623. The Labute approximate surface area is 99.4 Å². The standard InChI is InChI=1S/C12H13ClN2O/c1-2-16-12-10(8-14-15-12)7-9-5-3-4-6-11(9)13/h3-6,8H,2,7H2,1H3,(H,14,15). The highest BCUT2D eigenvalue weighted by atomic mass is 35.5. The average molecular weight is 237 g/mol. The van der Waals surface area contributed by atoms with E-state index in [1.165, 1.54) is 0 Å². The second-order valence-corrected chi connectivity index (χ2v) is 3.83. The molecule has 0 amide bonds. The van der Waals surface area contributed by atoms with Crippen LogP contribution in [0.2, 0.25) is 5.02 Å². The molecule has 16 heavy (non-hydrogen) atoms. The SMILES string of the molecule is CCOc1[nH]ncc1Cc1ccccc1Cl. The lowest BCUT2D eigenvalue weighted by Crippen LogP contribution is -1.96. The molecule has 84 valence electrons. The molecule has 0 saturated heterocycles. The van der Waals surface area contributed by atoms with Crippen molar-refractivity contribution in [2.75, 3.05) is 6.61 Å². The molecule has 0 unspecified atom stereocenters. The van der Waals surface area contributed by atoms with Gasteiger partial charge in [0.15, 0.2) is 0 Å². The Morgan fingerprint density at radius 2 is 2.12 bits per heavy atom. The van der Waals surface area contributed by atoms with Gasteiger partial charge in [-0.25, -0.2) is 5.10 Å². The molecule has 1 N–H and O–H groups in total. The molecular formula is C12H13ClN2O. The quantitative estimate of drug-likeness (QED) is 0.886. The molecule has 0 aliphatic carbocycles. The number of aromatic amines is 1. The lowest BCUT2D eigenvalue weighted by molar-refractivity contribution is 0.323. The highest BCUT2D eigenvalue weighted by Gasteiger charge is 2.08. The van der Waals surface area contributed by atoms with E-state index < -0.39 is 0 Å². The van der Waals surface area contributed by atoms with Gasteiger partial charge in [-0.15, -0.1) is 0 Å². The Balaban J connectivity index is 2.20. The van der Waals surface area contributed by atoms with Crippen molar-refractivity contribution in [2.24, 2.45) is 0 Å². The van der Waals surface area contributed by atoms with E-state index >= 15 is 0 Å². The van der Waals surface area contributed by atoms with E-state index in [1.807, 2.05) is 31.2 Å². The fourth-order valence-corrected chi connectivity index (χ4v) is 1.74. The summed E-state index contributed by atoms with van der Waals surface area (Å²) < 4.78 is 5.43. The maximum atomic E-state index is 6.10. The summed E-state index contributed by atoms with van der Waals surface area (Å²) in [6.45, 7) is 2.57. The number of benzene rings is 1. The first-order chi connectivity index (χ1) is 7.81. The molecule has 2 rings (SSSR count). The van der Waals surface area contributed by atoms with Gasteiger partial charge in [0.1, 0.15) is 0 Å². The van der Waals surface area contributed by atoms with Crippen LogP contribution in [-0.4, -0.2) is 16.8 Å². The van der Waals surface area contributed by atoms with Crippen LogP contribution in [0.25, 0.3) is 0 Å². The number of hydrogen-bond acceptors (Lipinski definition) is 2. The van der Waals surface area contributed by atoms with Gasteiger partial charge in [0.25, 0.3) is 0 Å². The number of H-pyrrole nitrogens is 1. The van der Waals surface area contributed by atoms with Crippen LogP contribution < -0.4 is 4.74 Å². The zero-order valence-electron chi connectivity index (χ0n) is 9.03. The Kier molecular flexibility index (Phi) is 3.47. The topological polar surface area (TPSA) is 37.9 Å². The zero-order chi connectivity index (χ0) is 11.4. The van der Waals surface area contributed by atoms with Crippen LogP contribution in [0.4, 0.5) is 0 Å². The van der Waals surface area contributed by atoms with E-state index in [9.17, 15) is 0 Å². The highest BCUT2D eigenvalue weighted by molar-refractivity contribution is 6.31. The molecule has 0 fully saturated rings. The van der Waals surface area contributed by atoms with Crippen LogP contribution >= 0.6 is 11.6 Å². The van der Waals surface area contributed by atoms with E-state index in [4.69, 9.17) is 16.3 Å². The molecule has 0 bridgehead atoms. The second-order valence-electron chi connectivity index (χ2n) is 3.43. The summed E-state index contributed by atoms with van der Waals surface area (Å²) in [5.41, 5.74) is 2.10. The molecule has 3 nitrogen and oxygen atoms in total. The van der Waals surface area contributed by atoms with Crippen LogP contribution in [0.5, 0.6) is 5.88 Å². The van der Waals surface area contributed by atoms with Crippen molar-refractivity contribution in [1.82, 2.24) is 10.2 Å². The number of aromatic nitrogens is 2. The molecule has 1 aromatic heterocycles. The fraction of sp³-hybridized carbons (Fsp3) is 0.250. The molecule has 2 aromatic rings. The van der Waals surface area contributed by atoms with Crippen LogP contribution in [0, 0.1) is 0 Å². The molecule has 0 saturated carbocycles. The Morgan fingerprint density at radius 3 is 2.88 bits per heavy atom. The summed E-state index contributed by atoms with van der Waals surface area (Å²) in [5, 5.41) is 7.57. The Bertz CT molecular complexity index is 468. The van der Waals surface area contributed by atoms with Crippen LogP contribution in [-0.2, 0) is 6.42 Å². The first-order valence-electron chi connectivity index (χ1n) is 5.19. The fourth-order valence-electron chi connectivity index (χ4n) is 1.54. The Hall–Kier alpha value is -1.48. The first kappa shape index (κ1) is 11.0. The molecule has 0 aliphatic heterocycles. The van der Waals surface area contributed by atoms with Gasteiger partial charge in [-0.2, -0.15) is 5.10 Å². The monoisotopic (exact) mass is 236 g/mol. The summed E-state index contributed by atoms with van der Waals surface area (Å²) in [5.74, 6) is 0.724. The minimum atomic E-state index is 0.623. The number of ether oxygens (including phenoxy) is 1. The van der Waals surface area contributed by atoms with Gasteiger partial charge in [-0.05, 0) is 18.6 Å². The molecule has 0 atom stereocenters. The van der Waals surface area contributed by atoms with Crippen molar-refractivity contribution in [3.63, 3.8) is 0 Å². The average Bonchev–Trinajstić information content (AvgIpc) is 2.70. The van der Waals surface area contributed by atoms with Gasteiger partial charge in [0.2, 0.25) is 5.88 Å². The van der Waals surface area contributed by atoms with E-state index in [-0.39, 0.29) is 0 Å². The summed E-state index contributed by atoms with van der Waals surface area (Å²) >= 11 is 6.10.